The summed E-state index contributed by atoms with van der Waals surface area (Å²) >= 11 is -1.66. The van der Waals surface area contributed by atoms with Crippen molar-refractivity contribution in [2.24, 2.45) is 0 Å². The third kappa shape index (κ3) is 22.8. The monoisotopic (exact) mass is 300 g/mol. The van der Waals surface area contributed by atoms with Gasteiger partial charge >= 0.3 is 42.1 Å². The average Bonchev–Trinajstić information content (AvgIpc) is 1.85. The molecule has 0 bridgehead atoms. The Morgan fingerprint density at radius 1 is 1.10 bits per heavy atom. The predicted octanol–water partition coefficient (Wildman–Crippen LogP) is 0.398. The summed E-state index contributed by atoms with van der Waals surface area (Å²) < 4.78 is 0. The average molecular weight is 301 g/mol. The van der Waals surface area contributed by atoms with Gasteiger partial charge in [-0.05, 0) is 0 Å². The van der Waals surface area contributed by atoms with E-state index in [1.807, 2.05) is 0 Å². The SMILES string of the molecule is OCC(O)CO.[Cl][Rh]([Cl])[Cl]. The summed E-state index contributed by atoms with van der Waals surface area (Å²) in [5.74, 6) is 0. The standard InChI is InChI=1S/C3H8O3.3ClH.Rh/c4-1-3(6)2-5;;;;/h3-6H,1-2H2;3*1H;/q;;;;+3/p-3. The quantitative estimate of drug-likeness (QED) is 0.647. The Morgan fingerprint density at radius 3 is 1.30 bits per heavy atom. The van der Waals surface area contributed by atoms with Crippen LogP contribution in [0.3, 0.4) is 0 Å². The Balaban J connectivity index is 0. The van der Waals surface area contributed by atoms with Gasteiger partial charge in [0.1, 0.15) is 6.10 Å². The fraction of sp³-hybridized carbons (Fsp3) is 1.00. The number of hydrogen-bond acceptors (Lipinski definition) is 3. The van der Waals surface area contributed by atoms with Crippen molar-refractivity contribution in [2.45, 2.75) is 6.10 Å². The first-order chi connectivity index (χ1) is 4.54. The van der Waals surface area contributed by atoms with Crippen LogP contribution in [-0.2, 0) is 13.0 Å². The number of rotatable bonds is 2. The number of aliphatic hydroxyl groups excluding tert-OH is 3. The molecule has 0 aromatic rings. The van der Waals surface area contributed by atoms with Gasteiger partial charge in [-0.15, -0.1) is 0 Å². The van der Waals surface area contributed by atoms with E-state index < -0.39 is 19.1 Å². The van der Waals surface area contributed by atoms with Crippen molar-refractivity contribution in [3.8, 4) is 0 Å². The molecule has 0 rings (SSSR count). The van der Waals surface area contributed by atoms with Crippen LogP contribution < -0.4 is 0 Å². The molecule has 68 valence electrons. The number of hydrogen-bond donors (Lipinski definition) is 3. The van der Waals surface area contributed by atoms with E-state index in [1.54, 1.807) is 0 Å². The molecule has 0 atom stereocenters. The van der Waals surface area contributed by atoms with E-state index in [-0.39, 0.29) is 13.2 Å². The summed E-state index contributed by atoms with van der Waals surface area (Å²) in [6.45, 7) is -0.729. The number of aliphatic hydroxyl groups is 3. The Hall–Kier alpha value is 1.37. The molecule has 0 spiro atoms. The number of halogens is 3. The molecule has 7 heteroatoms. The van der Waals surface area contributed by atoms with Crippen molar-refractivity contribution in [1.29, 1.82) is 0 Å². The van der Waals surface area contributed by atoms with Crippen LogP contribution in [0.4, 0.5) is 0 Å². The van der Waals surface area contributed by atoms with Gasteiger partial charge in [-0.3, -0.25) is 0 Å². The van der Waals surface area contributed by atoms with Gasteiger partial charge in [0, 0.05) is 0 Å². The van der Waals surface area contributed by atoms with Crippen LogP contribution in [0.1, 0.15) is 0 Å². The first kappa shape index (κ1) is 13.9. The fourth-order valence-corrected chi connectivity index (χ4v) is 0.0577. The van der Waals surface area contributed by atoms with Crippen LogP contribution in [0.5, 0.6) is 0 Å². The van der Waals surface area contributed by atoms with Crippen molar-refractivity contribution in [3.63, 3.8) is 0 Å². The fourth-order valence-electron chi connectivity index (χ4n) is 0.0577. The van der Waals surface area contributed by atoms with Crippen LogP contribution in [0.15, 0.2) is 0 Å². The molecule has 0 aromatic carbocycles. The second kappa shape index (κ2) is 10.4. The first-order valence-electron chi connectivity index (χ1n) is 2.09. The first-order valence-corrected chi connectivity index (χ1v) is 8.42. The van der Waals surface area contributed by atoms with Gasteiger partial charge in [-0.1, -0.05) is 0 Å². The Labute approximate surface area is 76.5 Å². The summed E-state index contributed by atoms with van der Waals surface area (Å²) in [5, 5.41) is 24.0. The molecule has 0 heterocycles. The summed E-state index contributed by atoms with van der Waals surface area (Å²) in [6, 6.07) is 0. The summed E-state index contributed by atoms with van der Waals surface area (Å²) in [5.41, 5.74) is 0. The zero-order valence-corrected chi connectivity index (χ0v) is 8.71. The van der Waals surface area contributed by atoms with E-state index in [0.717, 1.165) is 0 Å². The molecule has 10 heavy (non-hydrogen) atoms. The van der Waals surface area contributed by atoms with Crippen molar-refractivity contribution in [3.05, 3.63) is 0 Å². The molecular weight excluding hydrogens is 293 g/mol. The molecule has 0 aliphatic heterocycles. The molecule has 0 aromatic heterocycles. The molecule has 0 radical (unpaired) electrons. The van der Waals surface area contributed by atoms with Gasteiger partial charge in [-0.2, -0.15) is 0 Å². The van der Waals surface area contributed by atoms with Crippen molar-refractivity contribution < 1.29 is 28.3 Å². The van der Waals surface area contributed by atoms with E-state index in [4.69, 9.17) is 44.4 Å². The molecule has 0 amide bonds. The summed E-state index contributed by atoms with van der Waals surface area (Å²) in [7, 11) is 14.8. The van der Waals surface area contributed by atoms with Crippen molar-refractivity contribution in [1.82, 2.24) is 0 Å². The zero-order chi connectivity index (χ0) is 8.57. The van der Waals surface area contributed by atoms with Gasteiger partial charge in [0.15, 0.2) is 0 Å². The molecule has 3 nitrogen and oxygen atoms in total. The molecular formula is C3H8Cl3O3Rh. The normalized spacial score (nSPS) is 10.5. The second-order valence-corrected chi connectivity index (χ2v) is 8.63. The van der Waals surface area contributed by atoms with Gasteiger partial charge in [0.25, 0.3) is 0 Å². The van der Waals surface area contributed by atoms with Crippen LogP contribution in [-0.4, -0.2) is 34.6 Å². The van der Waals surface area contributed by atoms with Crippen molar-refractivity contribution in [2.75, 3.05) is 13.2 Å². The maximum absolute atomic E-state index is 8.17. The molecule has 0 aliphatic carbocycles. The van der Waals surface area contributed by atoms with Crippen LogP contribution >= 0.6 is 29.1 Å². The Bertz CT molecular complexity index is 58.2. The third-order valence-corrected chi connectivity index (χ3v) is 0.421. The molecule has 0 saturated heterocycles. The van der Waals surface area contributed by atoms with E-state index in [2.05, 4.69) is 0 Å². The minimum absolute atomic E-state index is 0.365. The zero-order valence-electron chi connectivity index (χ0n) is 4.80. The molecule has 0 aliphatic rings. The molecule has 0 fully saturated rings. The molecule has 0 saturated carbocycles. The maximum atomic E-state index is 8.17. The van der Waals surface area contributed by atoms with Gasteiger partial charge in [0.05, 0.1) is 13.2 Å². The van der Waals surface area contributed by atoms with E-state index in [9.17, 15) is 0 Å². The van der Waals surface area contributed by atoms with Crippen LogP contribution in [0.25, 0.3) is 0 Å². The predicted molar refractivity (Wildman–Crippen MR) is 37.7 cm³/mol. The van der Waals surface area contributed by atoms with E-state index >= 15 is 0 Å². The molecule has 0 unspecified atom stereocenters. The third-order valence-electron chi connectivity index (χ3n) is 0.421. The van der Waals surface area contributed by atoms with Crippen molar-refractivity contribution >= 4 is 29.1 Å². The Morgan fingerprint density at radius 2 is 1.30 bits per heavy atom. The van der Waals surface area contributed by atoms with Gasteiger partial charge in [-0.25, -0.2) is 0 Å². The van der Waals surface area contributed by atoms with Gasteiger partial charge in [0.2, 0.25) is 0 Å². The Kier molecular flexibility index (Phi) is 14.4. The van der Waals surface area contributed by atoms with Gasteiger partial charge < -0.3 is 15.3 Å². The van der Waals surface area contributed by atoms with E-state index in [1.165, 1.54) is 0 Å². The minimum atomic E-state index is -1.66. The van der Waals surface area contributed by atoms with Crippen LogP contribution in [0.2, 0.25) is 0 Å². The topological polar surface area (TPSA) is 60.7 Å². The van der Waals surface area contributed by atoms with Crippen LogP contribution in [0, 0.1) is 0 Å². The summed E-state index contributed by atoms with van der Waals surface area (Å²) in [6.07, 6.45) is -0.954. The second-order valence-electron chi connectivity index (χ2n) is 1.16. The summed E-state index contributed by atoms with van der Waals surface area (Å²) in [4.78, 5) is 0. The van der Waals surface area contributed by atoms with E-state index in [0.29, 0.717) is 0 Å². The molecule has 3 N–H and O–H groups in total.